The minimum atomic E-state index is -0.811. The Morgan fingerprint density at radius 1 is 0.313 bits per heavy atom. The van der Waals surface area contributed by atoms with Crippen molar-refractivity contribution < 1.29 is 28.6 Å². The largest absolute Gasteiger partial charge is 0.462 e. The molecule has 0 heterocycles. The van der Waals surface area contributed by atoms with Crippen molar-refractivity contribution in [2.24, 2.45) is 0 Å². The van der Waals surface area contributed by atoms with Crippen molar-refractivity contribution in [1.29, 1.82) is 0 Å². The standard InChI is InChI=1S/C61H104O6/c1-4-7-10-13-16-19-22-25-28-30-32-33-36-39-42-45-48-51-54-60(63)66-57-58(56-65-59(62)53-50-47-44-41-38-35-27-24-21-18-15-12-9-6-3)67-61(64)55-52-49-46-43-40-37-34-31-29-26-23-20-17-14-11-8-5-2/h8,11,15,17-18,20,24,26-27,29,34,37,43,46,58H,4-7,9-10,12-14,16,19,21-23,25,28,30-33,35-36,38-42,44-45,47-57H2,1-3H3/b11-8+,18-15+,20-17+,27-24+,29-26+,37-34+,46-43+/t58-/m1/s1. The molecule has 0 aromatic rings. The van der Waals surface area contributed by atoms with Gasteiger partial charge in [-0.2, -0.15) is 0 Å². The van der Waals surface area contributed by atoms with Crippen LogP contribution < -0.4 is 0 Å². The zero-order chi connectivity index (χ0) is 48.6. The van der Waals surface area contributed by atoms with E-state index < -0.39 is 6.10 Å². The minimum absolute atomic E-state index is 0.102. The highest BCUT2D eigenvalue weighted by molar-refractivity contribution is 5.71. The van der Waals surface area contributed by atoms with Gasteiger partial charge in [0.15, 0.2) is 6.10 Å². The molecule has 0 unspecified atom stereocenters. The molecule has 0 aromatic carbocycles. The Balaban J connectivity index is 4.46. The highest BCUT2D eigenvalue weighted by Gasteiger charge is 2.19. The van der Waals surface area contributed by atoms with Crippen LogP contribution in [0.2, 0.25) is 0 Å². The summed E-state index contributed by atoms with van der Waals surface area (Å²) in [4.78, 5) is 38.1. The molecule has 0 amide bonds. The van der Waals surface area contributed by atoms with Crippen LogP contribution in [0.25, 0.3) is 0 Å². The summed E-state index contributed by atoms with van der Waals surface area (Å²) in [5.74, 6) is -0.970. The lowest BCUT2D eigenvalue weighted by Gasteiger charge is -2.18. The van der Waals surface area contributed by atoms with Crippen LogP contribution in [0.5, 0.6) is 0 Å². The van der Waals surface area contributed by atoms with E-state index in [0.29, 0.717) is 19.3 Å². The Bertz CT molecular complexity index is 1300. The number of unbranched alkanes of at least 4 members (excludes halogenated alkanes) is 25. The number of carbonyl (C=O) groups is 3. The fourth-order valence-corrected chi connectivity index (χ4v) is 7.67. The number of carbonyl (C=O) groups excluding carboxylic acids is 3. The van der Waals surface area contributed by atoms with Crippen molar-refractivity contribution >= 4 is 17.9 Å². The van der Waals surface area contributed by atoms with Gasteiger partial charge in [0.1, 0.15) is 13.2 Å². The van der Waals surface area contributed by atoms with Gasteiger partial charge in [-0.15, -0.1) is 0 Å². The van der Waals surface area contributed by atoms with Crippen molar-refractivity contribution in [3.8, 4) is 0 Å². The van der Waals surface area contributed by atoms with E-state index in [1.165, 1.54) is 116 Å². The van der Waals surface area contributed by atoms with Gasteiger partial charge < -0.3 is 14.2 Å². The first-order valence-corrected chi connectivity index (χ1v) is 28.1. The number of hydrogen-bond donors (Lipinski definition) is 0. The van der Waals surface area contributed by atoms with Gasteiger partial charge in [0, 0.05) is 19.3 Å². The third-order valence-corrected chi connectivity index (χ3v) is 11.9. The van der Waals surface area contributed by atoms with Crippen LogP contribution in [0.15, 0.2) is 85.1 Å². The third kappa shape index (κ3) is 53.4. The number of ether oxygens (including phenoxy) is 3. The van der Waals surface area contributed by atoms with Crippen molar-refractivity contribution in [2.75, 3.05) is 13.2 Å². The van der Waals surface area contributed by atoms with Crippen LogP contribution >= 0.6 is 0 Å². The summed E-state index contributed by atoms with van der Waals surface area (Å²) in [7, 11) is 0. The van der Waals surface area contributed by atoms with Crippen molar-refractivity contribution in [3.63, 3.8) is 0 Å². The number of rotatable bonds is 50. The monoisotopic (exact) mass is 933 g/mol. The molecule has 0 rings (SSSR count). The molecular weight excluding hydrogens is 829 g/mol. The normalized spacial score (nSPS) is 12.7. The minimum Gasteiger partial charge on any atom is -0.462 e. The predicted octanol–water partition coefficient (Wildman–Crippen LogP) is 18.8. The Morgan fingerprint density at radius 2 is 0.612 bits per heavy atom. The molecule has 0 bridgehead atoms. The maximum absolute atomic E-state index is 12.8. The summed E-state index contributed by atoms with van der Waals surface area (Å²) in [6.45, 7) is 6.44. The maximum Gasteiger partial charge on any atom is 0.306 e. The first-order valence-electron chi connectivity index (χ1n) is 28.1. The highest BCUT2D eigenvalue weighted by atomic mass is 16.6. The average molecular weight is 933 g/mol. The van der Waals surface area contributed by atoms with E-state index in [1.807, 2.05) is 0 Å². The smallest absolute Gasteiger partial charge is 0.306 e. The summed E-state index contributed by atoms with van der Waals surface area (Å²) in [5.41, 5.74) is 0. The molecule has 6 heteroatoms. The van der Waals surface area contributed by atoms with Gasteiger partial charge in [0.25, 0.3) is 0 Å². The number of allylic oxidation sites excluding steroid dienone is 14. The van der Waals surface area contributed by atoms with E-state index in [-0.39, 0.29) is 37.5 Å². The molecule has 0 aliphatic carbocycles. The number of esters is 3. The van der Waals surface area contributed by atoms with Gasteiger partial charge in [-0.25, -0.2) is 0 Å². The molecule has 0 saturated carbocycles. The maximum atomic E-state index is 12.8. The van der Waals surface area contributed by atoms with E-state index in [0.717, 1.165) is 103 Å². The number of hydrogen-bond acceptors (Lipinski definition) is 6. The average Bonchev–Trinajstić information content (AvgIpc) is 3.33. The second kappa shape index (κ2) is 55.2. The molecule has 0 aliphatic heterocycles. The molecule has 6 nitrogen and oxygen atoms in total. The summed E-state index contributed by atoms with van der Waals surface area (Å²) >= 11 is 0. The Morgan fingerprint density at radius 3 is 1.00 bits per heavy atom. The second-order valence-corrected chi connectivity index (χ2v) is 18.5. The summed E-state index contributed by atoms with van der Waals surface area (Å²) in [6.07, 6.45) is 71.5. The van der Waals surface area contributed by atoms with E-state index in [4.69, 9.17) is 14.2 Å². The summed E-state index contributed by atoms with van der Waals surface area (Å²) < 4.78 is 16.8. The molecule has 384 valence electrons. The van der Waals surface area contributed by atoms with Gasteiger partial charge in [0.2, 0.25) is 0 Å². The first-order chi connectivity index (χ1) is 33.0. The molecule has 0 spiro atoms. The van der Waals surface area contributed by atoms with E-state index in [1.54, 1.807) is 0 Å². The van der Waals surface area contributed by atoms with Crippen LogP contribution in [0, 0.1) is 0 Å². The van der Waals surface area contributed by atoms with Gasteiger partial charge >= 0.3 is 17.9 Å². The fraction of sp³-hybridized carbons (Fsp3) is 0.721. The summed E-state index contributed by atoms with van der Waals surface area (Å²) in [6, 6.07) is 0. The topological polar surface area (TPSA) is 78.9 Å². The molecule has 0 aliphatic rings. The Kier molecular flexibility index (Phi) is 52.4. The fourth-order valence-electron chi connectivity index (χ4n) is 7.67. The van der Waals surface area contributed by atoms with E-state index in [9.17, 15) is 14.4 Å². The second-order valence-electron chi connectivity index (χ2n) is 18.5. The molecular formula is C61H104O6. The third-order valence-electron chi connectivity index (χ3n) is 11.9. The van der Waals surface area contributed by atoms with Gasteiger partial charge in [-0.1, -0.05) is 247 Å². The van der Waals surface area contributed by atoms with Crippen molar-refractivity contribution in [3.05, 3.63) is 85.1 Å². The molecule has 1 atom stereocenters. The lowest BCUT2D eigenvalue weighted by Crippen LogP contribution is -2.30. The quantitative estimate of drug-likeness (QED) is 0.0262. The predicted molar refractivity (Wildman–Crippen MR) is 288 cm³/mol. The van der Waals surface area contributed by atoms with Crippen LogP contribution in [-0.2, 0) is 28.6 Å². The van der Waals surface area contributed by atoms with Crippen molar-refractivity contribution in [2.45, 2.75) is 271 Å². The zero-order valence-corrected chi connectivity index (χ0v) is 43.9. The van der Waals surface area contributed by atoms with E-state index >= 15 is 0 Å². The van der Waals surface area contributed by atoms with Gasteiger partial charge in [-0.3, -0.25) is 14.4 Å². The van der Waals surface area contributed by atoms with Gasteiger partial charge in [-0.05, 0) is 83.5 Å². The SMILES string of the molecule is CC/C=C/C/C=C/C/C=C/C/C=C/C/C=C/CCCC(=O)O[C@H](COC(=O)CCCCCCC/C=C/C/C=C/CCCC)COC(=O)CCCCCCCCCCCCCCCCCCCC. The lowest BCUT2D eigenvalue weighted by atomic mass is 10.0. The van der Waals surface area contributed by atoms with Crippen LogP contribution in [-0.4, -0.2) is 37.2 Å². The van der Waals surface area contributed by atoms with Crippen molar-refractivity contribution in [1.82, 2.24) is 0 Å². The molecule has 0 N–H and O–H groups in total. The molecule has 0 saturated heterocycles. The molecule has 67 heavy (non-hydrogen) atoms. The van der Waals surface area contributed by atoms with Gasteiger partial charge in [0.05, 0.1) is 0 Å². The first kappa shape index (κ1) is 63.6. The Hall–Kier alpha value is -3.41. The lowest BCUT2D eigenvalue weighted by molar-refractivity contribution is -0.167. The summed E-state index contributed by atoms with van der Waals surface area (Å²) in [5, 5.41) is 0. The highest BCUT2D eigenvalue weighted by Crippen LogP contribution is 2.16. The van der Waals surface area contributed by atoms with Crippen LogP contribution in [0.3, 0.4) is 0 Å². The van der Waals surface area contributed by atoms with Crippen LogP contribution in [0.4, 0.5) is 0 Å². The molecule has 0 radical (unpaired) electrons. The molecule has 0 fully saturated rings. The Labute approximate surface area is 414 Å². The van der Waals surface area contributed by atoms with E-state index in [2.05, 4.69) is 106 Å². The van der Waals surface area contributed by atoms with Crippen LogP contribution in [0.1, 0.15) is 265 Å². The zero-order valence-electron chi connectivity index (χ0n) is 43.9. The molecule has 0 aromatic heterocycles.